The number of hydrogen-bond donors (Lipinski definition) is 2. The Kier molecular flexibility index (Phi) is 6.73. The van der Waals surface area contributed by atoms with Gasteiger partial charge in [0.15, 0.2) is 17.6 Å². The number of amides is 1. The molecule has 1 aliphatic heterocycles. The summed E-state index contributed by atoms with van der Waals surface area (Å²) in [4.78, 5) is 24.9. The lowest BCUT2D eigenvalue weighted by Crippen LogP contribution is -2.35. The fourth-order valence-corrected chi connectivity index (χ4v) is 4.25. The fraction of sp³-hybridized carbons (Fsp3) is 0.217. The van der Waals surface area contributed by atoms with Crippen LogP contribution in [0.2, 0.25) is 0 Å². The molecule has 0 spiro atoms. The van der Waals surface area contributed by atoms with Crippen LogP contribution in [0.25, 0.3) is 0 Å². The molecule has 1 atom stereocenters. The van der Waals surface area contributed by atoms with E-state index in [0.717, 1.165) is 0 Å². The fourth-order valence-electron chi connectivity index (χ4n) is 3.15. The minimum Gasteiger partial charge on any atom is -0.486 e. The summed E-state index contributed by atoms with van der Waals surface area (Å²) < 4.78 is 49.6. The van der Waals surface area contributed by atoms with Crippen LogP contribution in [0.4, 0.5) is 5.69 Å². The first-order valence-corrected chi connectivity index (χ1v) is 11.8. The SMILES string of the molecule is C[C@@H](OC(=O)c1ccccc1NS(=O)(=O)c1ccc2c(c1)OCCO2)C(=O)NCc1ccco1. The van der Waals surface area contributed by atoms with E-state index >= 15 is 0 Å². The Morgan fingerprint density at radius 3 is 2.56 bits per heavy atom. The van der Waals surface area contributed by atoms with Crippen molar-refractivity contribution in [1.82, 2.24) is 5.32 Å². The third kappa shape index (κ3) is 5.31. The van der Waals surface area contributed by atoms with Crippen molar-refractivity contribution >= 4 is 27.6 Å². The van der Waals surface area contributed by atoms with Crippen molar-refractivity contribution in [2.24, 2.45) is 0 Å². The normalized spacial score (nSPS) is 13.6. The van der Waals surface area contributed by atoms with Crippen molar-refractivity contribution in [3.8, 4) is 11.5 Å². The topological polar surface area (TPSA) is 133 Å². The van der Waals surface area contributed by atoms with Gasteiger partial charge in [0.2, 0.25) is 0 Å². The zero-order valence-corrected chi connectivity index (χ0v) is 19.0. The molecule has 0 aliphatic carbocycles. The molecule has 4 rings (SSSR count). The van der Waals surface area contributed by atoms with Gasteiger partial charge in [0.25, 0.3) is 15.9 Å². The third-order valence-corrected chi connectivity index (χ3v) is 6.25. The number of nitrogens with one attached hydrogen (secondary N) is 2. The third-order valence-electron chi connectivity index (χ3n) is 4.89. The number of fused-ring (bicyclic) bond motifs is 1. The molecule has 2 heterocycles. The van der Waals surface area contributed by atoms with E-state index in [9.17, 15) is 18.0 Å². The molecule has 34 heavy (non-hydrogen) atoms. The molecule has 0 bridgehead atoms. The van der Waals surface area contributed by atoms with Gasteiger partial charge in [-0.05, 0) is 43.3 Å². The van der Waals surface area contributed by atoms with Crippen LogP contribution in [-0.2, 0) is 26.1 Å². The number of para-hydroxylation sites is 1. The molecule has 1 aliphatic rings. The Bertz CT molecular complexity index is 1290. The standard InChI is InChI=1S/C23H22N2O8S/c1-15(22(26)24-14-16-5-4-10-30-16)33-23(27)18-6-2-3-7-19(18)25-34(28,29)17-8-9-20-21(13-17)32-12-11-31-20/h2-10,13,15,25H,11-12,14H2,1H3,(H,24,26)/t15-/m1/s1. The minimum atomic E-state index is -4.06. The molecule has 1 amide bonds. The number of ether oxygens (including phenoxy) is 3. The maximum absolute atomic E-state index is 13.0. The van der Waals surface area contributed by atoms with E-state index in [2.05, 4.69) is 10.0 Å². The number of carbonyl (C=O) groups excluding carboxylic acids is 2. The Labute approximate surface area is 195 Å². The number of anilines is 1. The van der Waals surface area contributed by atoms with Crippen molar-refractivity contribution in [3.05, 3.63) is 72.2 Å². The Morgan fingerprint density at radius 1 is 1.03 bits per heavy atom. The van der Waals surface area contributed by atoms with Crippen LogP contribution >= 0.6 is 0 Å². The average molecular weight is 487 g/mol. The second kappa shape index (κ2) is 9.87. The van der Waals surface area contributed by atoms with Gasteiger partial charge in [0.05, 0.1) is 29.0 Å². The smallest absolute Gasteiger partial charge is 0.341 e. The van der Waals surface area contributed by atoms with Crippen LogP contribution in [0, 0.1) is 0 Å². The number of rotatable bonds is 8. The van der Waals surface area contributed by atoms with E-state index in [1.807, 2.05) is 0 Å². The molecule has 2 N–H and O–H groups in total. The zero-order chi connectivity index (χ0) is 24.1. The van der Waals surface area contributed by atoms with E-state index < -0.39 is 28.0 Å². The number of hydrogen-bond acceptors (Lipinski definition) is 8. The van der Waals surface area contributed by atoms with Gasteiger partial charge in [-0.25, -0.2) is 13.2 Å². The molecule has 10 nitrogen and oxygen atoms in total. The van der Waals surface area contributed by atoms with Crippen molar-refractivity contribution in [3.63, 3.8) is 0 Å². The second-order valence-electron chi connectivity index (χ2n) is 7.30. The lowest BCUT2D eigenvalue weighted by atomic mass is 10.2. The van der Waals surface area contributed by atoms with Crippen molar-refractivity contribution in [2.75, 3.05) is 17.9 Å². The number of carbonyl (C=O) groups is 2. The molecule has 1 aromatic heterocycles. The molecule has 0 radical (unpaired) electrons. The van der Waals surface area contributed by atoms with Crippen molar-refractivity contribution in [2.45, 2.75) is 24.5 Å². The van der Waals surface area contributed by atoms with Crippen LogP contribution in [0.5, 0.6) is 11.5 Å². The number of benzene rings is 2. The van der Waals surface area contributed by atoms with Gasteiger partial charge in [-0.3, -0.25) is 9.52 Å². The first-order valence-electron chi connectivity index (χ1n) is 10.4. The average Bonchev–Trinajstić information content (AvgIpc) is 3.36. The summed E-state index contributed by atoms with van der Waals surface area (Å²) in [5.74, 6) is -0.0734. The molecule has 2 aromatic carbocycles. The van der Waals surface area contributed by atoms with Gasteiger partial charge in [-0.2, -0.15) is 0 Å². The lowest BCUT2D eigenvalue weighted by molar-refractivity contribution is -0.129. The number of esters is 1. The first-order chi connectivity index (χ1) is 16.3. The highest BCUT2D eigenvalue weighted by Gasteiger charge is 2.24. The van der Waals surface area contributed by atoms with Gasteiger partial charge in [0.1, 0.15) is 19.0 Å². The molecular weight excluding hydrogens is 464 g/mol. The summed E-state index contributed by atoms with van der Waals surface area (Å²) in [6.07, 6.45) is 0.360. The maximum atomic E-state index is 13.0. The highest BCUT2D eigenvalue weighted by molar-refractivity contribution is 7.92. The number of furan rings is 1. The Balaban J connectivity index is 1.45. The summed E-state index contributed by atoms with van der Waals surface area (Å²) >= 11 is 0. The van der Waals surface area contributed by atoms with Crippen molar-refractivity contribution in [1.29, 1.82) is 0 Å². The van der Waals surface area contributed by atoms with Gasteiger partial charge >= 0.3 is 5.97 Å². The largest absolute Gasteiger partial charge is 0.486 e. The summed E-state index contributed by atoms with van der Waals surface area (Å²) in [5, 5.41) is 2.60. The van der Waals surface area contributed by atoms with Gasteiger partial charge in [-0.15, -0.1) is 0 Å². The van der Waals surface area contributed by atoms with Crippen LogP contribution in [0.3, 0.4) is 0 Å². The molecule has 0 saturated heterocycles. The van der Waals surface area contributed by atoms with E-state index in [0.29, 0.717) is 30.5 Å². The van der Waals surface area contributed by atoms with Gasteiger partial charge in [-0.1, -0.05) is 12.1 Å². The zero-order valence-electron chi connectivity index (χ0n) is 18.1. The quantitative estimate of drug-likeness (QED) is 0.465. The summed E-state index contributed by atoms with van der Waals surface area (Å²) in [5.41, 5.74) is -0.0418. The maximum Gasteiger partial charge on any atom is 0.341 e. The Hall–Kier alpha value is -3.99. The van der Waals surface area contributed by atoms with E-state index in [-0.39, 0.29) is 22.7 Å². The molecule has 0 unspecified atom stereocenters. The second-order valence-corrected chi connectivity index (χ2v) is 8.98. The summed E-state index contributed by atoms with van der Waals surface area (Å²) in [6, 6.07) is 13.6. The van der Waals surface area contributed by atoms with Gasteiger partial charge < -0.3 is 23.9 Å². The van der Waals surface area contributed by atoms with Crippen LogP contribution in [-0.4, -0.2) is 39.6 Å². The van der Waals surface area contributed by atoms with E-state index in [4.69, 9.17) is 18.6 Å². The van der Waals surface area contributed by atoms with Gasteiger partial charge in [0, 0.05) is 6.07 Å². The molecular formula is C23H22N2O8S. The lowest BCUT2D eigenvalue weighted by Gasteiger charge is -2.19. The predicted molar refractivity (Wildman–Crippen MR) is 120 cm³/mol. The van der Waals surface area contributed by atoms with E-state index in [1.165, 1.54) is 43.5 Å². The van der Waals surface area contributed by atoms with Crippen LogP contribution in [0.1, 0.15) is 23.0 Å². The summed E-state index contributed by atoms with van der Waals surface area (Å²) in [7, 11) is -4.06. The molecule has 3 aromatic rings. The molecule has 0 fully saturated rings. The van der Waals surface area contributed by atoms with Crippen molar-refractivity contribution < 1.29 is 36.6 Å². The predicted octanol–water partition coefficient (Wildman–Crippen LogP) is 2.71. The first kappa shape index (κ1) is 23.2. The minimum absolute atomic E-state index is 0.00517. The Morgan fingerprint density at radius 2 is 1.79 bits per heavy atom. The van der Waals surface area contributed by atoms with E-state index in [1.54, 1.807) is 24.3 Å². The highest BCUT2D eigenvalue weighted by Crippen LogP contribution is 2.33. The van der Waals surface area contributed by atoms with Crippen LogP contribution < -0.4 is 19.5 Å². The molecule has 11 heteroatoms. The molecule has 178 valence electrons. The highest BCUT2D eigenvalue weighted by atomic mass is 32.2. The summed E-state index contributed by atoms with van der Waals surface area (Å²) in [6.45, 7) is 2.25. The number of sulfonamides is 1. The molecule has 0 saturated carbocycles. The monoisotopic (exact) mass is 486 g/mol. The van der Waals surface area contributed by atoms with Crippen LogP contribution in [0.15, 0.2) is 70.2 Å².